The molecular weight excluding hydrogens is 288 g/mol. The normalized spacial score (nSPS) is 12.1. The molecule has 0 aliphatic heterocycles. The first-order chi connectivity index (χ1) is 8.93. The predicted molar refractivity (Wildman–Crippen MR) is 75.0 cm³/mol. The molecule has 0 atom stereocenters. The molecule has 0 fully saturated rings. The number of nitrogens with one attached hydrogen (secondary N) is 2. The highest BCUT2D eigenvalue weighted by Gasteiger charge is 2.08. The van der Waals surface area contributed by atoms with E-state index >= 15 is 0 Å². The van der Waals surface area contributed by atoms with Crippen molar-refractivity contribution in [2.75, 3.05) is 6.54 Å². The van der Waals surface area contributed by atoms with Crippen LogP contribution in [0.5, 0.6) is 0 Å². The first-order valence-corrected chi connectivity index (χ1v) is 7.97. The van der Waals surface area contributed by atoms with Crippen LogP contribution in [0.3, 0.4) is 0 Å². The Morgan fingerprint density at radius 3 is 2.79 bits per heavy atom. The highest BCUT2D eigenvalue weighted by atomic mass is 32.2. The summed E-state index contributed by atoms with van der Waals surface area (Å²) in [5.74, 6) is -1.01. The first-order valence-electron chi connectivity index (χ1n) is 5.67. The molecule has 0 unspecified atom stereocenters. The molecule has 0 amide bonds. The summed E-state index contributed by atoms with van der Waals surface area (Å²) in [6.07, 6.45) is 3.24. The van der Waals surface area contributed by atoms with Gasteiger partial charge in [-0.15, -0.1) is 11.3 Å². The van der Waals surface area contributed by atoms with Crippen molar-refractivity contribution < 1.29 is 18.3 Å². The molecule has 0 radical (unpaired) electrons. The minimum atomic E-state index is -3.46. The van der Waals surface area contributed by atoms with Gasteiger partial charge in [-0.2, -0.15) is 13.1 Å². The molecule has 0 saturated carbocycles. The van der Waals surface area contributed by atoms with E-state index in [1.807, 2.05) is 6.92 Å². The molecule has 0 bridgehead atoms. The molecule has 1 heterocycles. The Bertz CT molecular complexity index is 549. The summed E-state index contributed by atoms with van der Waals surface area (Å²) in [6.45, 7) is 2.46. The third kappa shape index (κ3) is 6.48. The highest BCUT2D eigenvalue weighted by Crippen LogP contribution is 2.17. The Morgan fingerprint density at radius 1 is 1.42 bits per heavy atom. The van der Waals surface area contributed by atoms with Gasteiger partial charge in [-0.05, 0) is 24.6 Å². The summed E-state index contributed by atoms with van der Waals surface area (Å²) >= 11 is 1.33. The van der Waals surface area contributed by atoms with E-state index in [-0.39, 0.29) is 6.54 Å². The molecule has 1 aromatic rings. The van der Waals surface area contributed by atoms with Crippen molar-refractivity contribution in [3.05, 3.63) is 28.0 Å². The maximum absolute atomic E-state index is 11.5. The van der Waals surface area contributed by atoms with Crippen molar-refractivity contribution in [1.29, 1.82) is 0 Å². The summed E-state index contributed by atoms with van der Waals surface area (Å²) in [6, 6.07) is 3.50. The minimum Gasteiger partial charge on any atom is -0.478 e. The van der Waals surface area contributed by atoms with Crippen LogP contribution in [0.1, 0.15) is 23.1 Å². The van der Waals surface area contributed by atoms with Gasteiger partial charge in [0, 0.05) is 28.9 Å². The summed E-state index contributed by atoms with van der Waals surface area (Å²) in [4.78, 5) is 11.9. The standard InChI is InChI=1S/C11H16N2O4S2/c1-2-7-12-19(16,17)13-8-10-4-3-9(18-10)5-6-11(14)15/h3-6,12-13H,2,7-8H2,1H3,(H,14,15)/b6-5+. The van der Waals surface area contributed by atoms with Gasteiger partial charge in [0.25, 0.3) is 10.2 Å². The van der Waals surface area contributed by atoms with Crippen LogP contribution in [0.15, 0.2) is 18.2 Å². The zero-order valence-electron chi connectivity index (χ0n) is 10.4. The van der Waals surface area contributed by atoms with Crippen LogP contribution in [0.25, 0.3) is 6.08 Å². The van der Waals surface area contributed by atoms with E-state index in [4.69, 9.17) is 5.11 Å². The fraction of sp³-hybridized carbons (Fsp3) is 0.364. The molecule has 0 spiro atoms. The van der Waals surface area contributed by atoms with Crippen molar-refractivity contribution in [3.63, 3.8) is 0 Å². The second-order valence-electron chi connectivity index (χ2n) is 3.69. The lowest BCUT2D eigenvalue weighted by atomic mass is 10.4. The average molecular weight is 304 g/mol. The zero-order valence-corrected chi connectivity index (χ0v) is 12.1. The Hall–Kier alpha value is -1.22. The Labute approximate surface area is 116 Å². The summed E-state index contributed by atoms with van der Waals surface area (Å²) in [5.41, 5.74) is 0. The maximum atomic E-state index is 11.5. The largest absolute Gasteiger partial charge is 0.478 e. The van der Waals surface area contributed by atoms with Crippen LogP contribution in [0.2, 0.25) is 0 Å². The molecule has 6 nitrogen and oxygen atoms in total. The minimum absolute atomic E-state index is 0.185. The van der Waals surface area contributed by atoms with Gasteiger partial charge in [0.1, 0.15) is 0 Å². The molecule has 3 N–H and O–H groups in total. The average Bonchev–Trinajstić information content (AvgIpc) is 2.80. The molecule has 0 aliphatic rings. The van der Waals surface area contributed by atoms with Crippen LogP contribution in [0, 0.1) is 0 Å². The van der Waals surface area contributed by atoms with Gasteiger partial charge in [0.05, 0.1) is 0 Å². The third-order valence-electron chi connectivity index (χ3n) is 2.05. The zero-order chi connectivity index (χ0) is 14.3. The van der Waals surface area contributed by atoms with E-state index in [9.17, 15) is 13.2 Å². The van der Waals surface area contributed by atoms with Gasteiger partial charge in [0.2, 0.25) is 0 Å². The number of hydrogen-bond donors (Lipinski definition) is 3. The fourth-order valence-electron chi connectivity index (χ4n) is 1.19. The lowest BCUT2D eigenvalue weighted by Crippen LogP contribution is -2.36. The van der Waals surface area contributed by atoms with E-state index in [2.05, 4.69) is 9.44 Å². The smallest absolute Gasteiger partial charge is 0.328 e. The topological polar surface area (TPSA) is 95.5 Å². The summed E-state index contributed by atoms with van der Waals surface area (Å²) < 4.78 is 27.8. The molecule has 1 rings (SSSR count). The predicted octanol–water partition coefficient (Wildman–Crippen LogP) is 1.18. The van der Waals surface area contributed by atoms with Crippen molar-refractivity contribution in [1.82, 2.24) is 9.44 Å². The van der Waals surface area contributed by atoms with Crippen molar-refractivity contribution in [3.8, 4) is 0 Å². The lowest BCUT2D eigenvalue weighted by molar-refractivity contribution is -0.131. The van der Waals surface area contributed by atoms with E-state index in [1.165, 1.54) is 17.4 Å². The van der Waals surface area contributed by atoms with E-state index in [0.29, 0.717) is 6.54 Å². The van der Waals surface area contributed by atoms with Gasteiger partial charge in [0.15, 0.2) is 0 Å². The monoisotopic (exact) mass is 304 g/mol. The number of carboxylic acid groups (broad SMARTS) is 1. The Morgan fingerprint density at radius 2 is 2.16 bits per heavy atom. The van der Waals surface area contributed by atoms with E-state index in [0.717, 1.165) is 22.3 Å². The highest BCUT2D eigenvalue weighted by molar-refractivity contribution is 7.87. The Balaban J connectivity index is 2.53. The fourth-order valence-corrected chi connectivity index (χ4v) is 3.05. The van der Waals surface area contributed by atoms with Gasteiger partial charge in [-0.1, -0.05) is 6.92 Å². The second-order valence-corrected chi connectivity index (χ2v) is 6.48. The van der Waals surface area contributed by atoms with Crippen LogP contribution >= 0.6 is 11.3 Å². The maximum Gasteiger partial charge on any atom is 0.328 e. The number of rotatable bonds is 8. The van der Waals surface area contributed by atoms with Gasteiger partial charge in [-0.3, -0.25) is 0 Å². The molecule has 0 aromatic carbocycles. The van der Waals surface area contributed by atoms with E-state index < -0.39 is 16.2 Å². The summed E-state index contributed by atoms with van der Waals surface area (Å²) in [5, 5.41) is 8.49. The van der Waals surface area contributed by atoms with Crippen LogP contribution in [0.4, 0.5) is 0 Å². The SMILES string of the molecule is CCCNS(=O)(=O)NCc1ccc(/C=C/C(=O)O)s1. The van der Waals surface area contributed by atoms with Gasteiger partial charge >= 0.3 is 5.97 Å². The Kier molecular flexibility index (Phi) is 6.16. The van der Waals surface area contributed by atoms with Crippen molar-refractivity contribution in [2.45, 2.75) is 19.9 Å². The number of thiophene rings is 1. The number of hydrogen-bond acceptors (Lipinski definition) is 4. The molecule has 0 aliphatic carbocycles. The van der Waals surface area contributed by atoms with Crippen LogP contribution < -0.4 is 9.44 Å². The molecule has 106 valence electrons. The third-order valence-corrected chi connectivity index (χ3v) is 4.21. The van der Waals surface area contributed by atoms with Crippen molar-refractivity contribution >= 4 is 33.6 Å². The molecule has 19 heavy (non-hydrogen) atoms. The van der Waals surface area contributed by atoms with Crippen LogP contribution in [-0.2, 0) is 21.5 Å². The first kappa shape index (κ1) is 15.8. The molecule has 8 heteroatoms. The van der Waals surface area contributed by atoms with Gasteiger partial charge in [-0.25, -0.2) is 9.52 Å². The molecular formula is C11H16N2O4S2. The molecule has 0 saturated heterocycles. The number of carbonyl (C=O) groups is 1. The molecule has 1 aromatic heterocycles. The quantitative estimate of drug-likeness (QED) is 0.628. The second kappa shape index (κ2) is 7.39. The van der Waals surface area contributed by atoms with Crippen LogP contribution in [-0.4, -0.2) is 26.0 Å². The van der Waals surface area contributed by atoms with E-state index in [1.54, 1.807) is 12.1 Å². The number of carboxylic acids is 1. The van der Waals surface area contributed by atoms with Crippen molar-refractivity contribution in [2.24, 2.45) is 0 Å². The summed E-state index contributed by atoms with van der Waals surface area (Å²) in [7, 11) is -3.46. The number of aliphatic carboxylic acids is 1. The van der Waals surface area contributed by atoms with Gasteiger partial charge < -0.3 is 5.11 Å². The lowest BCUT2D eigenvalue weighted by Gasteiger charge is -2.05.